The minimum absolute atomic E-state index is 0.414. The molecule has 0 aliphatic carbocycles. The van der Waals surface area contributed by atoms with Crippen LogP contribution in [0.15, 0.2) is 30.3 Å². The Labute approximate surface area is 115 Å². The summed E-state index contributed by atoms with van der Waals surface area (Å²) in [6, 6.07) is 10.6. The van der Waals surface area contributed by atoms with E-state index in [4.69, 9.17) is 0 Å². The van der Waals surface area contributed by atoms with Gasteiger partial charge in [0.05, 0.1) is 5.69 Å². The lowest BCUT2D eigenvalue weighted by atomic mass is 10.1. The molecule has 4 rings (SSSR count). The van der Waals surface area contributed by atoms with Crippen LogP contribution in [0.25, 0.3) is 16.3 Å². The minimum atomic E-state index is 0.414. The van der Waals surface area contributed by atoms with Gasteiger partial charge in [-0.05, 0) is 6.92 Å². The van der Waals surface area contributed by atoms with Crippen LogP contribution in [0.1, 0.15) is 23.5 Å². The number of benzene rings is 1. The number of nitrogens with zero attached hydrogens (tertiary/aromatic N) is 3. The number of nitrogens with one attached hydrogen (secondary N) is 1. The van der Waals surface area contributed by atoms with Crippen molar-refractivity contribution in [2.45, 2.75) is 19.4 Å². The first kappa shape index (κ1) is 11.1. The van der Waals surface area contributed by atoms with E-state index >= 15 is 0 Å². The highest BCUT2D eigenvalue weighted by Crippen LogP contribution is 2.31. The van der Waals surface area contributed by atoms with Crippen molar-refractivity contribution in [3.8, 4) is 11.4 Å². The molecule has 3 aromatic rings. The molecule has 96 valence electrons. The van der Waals surface area contributed by atoms with Crippen molar-refractivity contribution in [3.63, 3.8) is 0 Å². The van der Waals surface area contributed by atoms with Crippen LogP contribution in [-0.4, -0.2) is 21.1 Å². The number of hydrogen-bond donors (Lipinski definition) is 1. The lowest BCUT2D eigenvalue weighted by Crippen LogP contribution is -2.27. The number of aromatic nitrogens is 3. The summed E-state index contributed by atoms with van der Waals surface area (Å²) in [5.41, 5.74) is 2.40. The molecule has 1 aliphatic rings. The summed E-state index contributed by atoms with van der Waals surface area (Å²) in [4.78, 5) is 7.04. The van der Waals surface area contributed by atoms with Crippen LogP contribution in [0.4, 0.5) is 0 Å². The van der Waals surface area contributed by atoms with E-state index in [9.17, 15) is 0 Å². The monoisotopic (exact) mass is 270 g/mol. The van der Waals surface area contributed by atoms with Crippen molar-refractivity contribution in [2.24, 2.45) is 0 Å². The molecule has 3 heterocycles. The molecular weight excluding hydrogens is 256 g/mol. The van der Waals surface area contributed by atoms with Crippen molar-refractivity contribution in [3.05, 3.63) is 40.9 Å². The topological polar surface area (TPSA) is 42.2 Å². The fourth-order valence-electron chi connectivity index (χ4n) is 2.58. The highest BCUT2D eigenvalue weighted by Gasteiger charge is 2.23. The van der Waals surface area contributed by atoms with Crippen LogP contribution in [0.5, 0.6) is 0 Å². The van der Waals surface area contributed by atoms with E-state index in [0.717, 1.165) is 29.3 Å². The van der Waals surface area contributed by atoms with E-state index in [2.05, 4.69) is 34.5 Å². The molecule has 0 saturated heterocycles. The Morgan fingerprint density at radius 2 is 2.16 bits per heavy atom. The van der Waals surface area contributed by atoms with Crippen molar-refractivity contribution in [1.82, 2.24) is 19.9 Å². The van der Waals surface area contributed by atoms with E-state index in [1.807, 2.05) is 22.7 Å². The summed E-state index contributed by atoms with van der Waals surface area (Å²) in [6.07, 6.45) is 1.03. The molecule has 0 spiro atoms. The maximum atomic E-state index is 4.68. The maximum absolute atomic E-state index is 4.68. The Morgan fingerprint density at radius 3 is 3.00 bits per heavy atom. The molecule has 0 radical (unpaired) electrons. The third kappa shape index (κ3) is 1.69. The van der Waals surface area contributed by atoms with Crippen molar-refractivity contribution >= 4 is 16.3 Å². The van der Waals surface area contributed by atoms with Gasteiger partial charge in [0, 0.05) is 29.4 Å². The molecule has 19 heavy (non-hydrogen) atoms. The number of thiazole rings is 1. The van der Waals surface area contributed by atoms with Crippen molar-refractivity contribution in [2.75, 3.05) is 6.54 Å². The zero-order chi connectivity index (χ0) is 12.8. The average Bonchev–Trinajstić information content (AvgIpc) is 2.99. The number of hydrogen-bond acceptors (Lipinski definition) is 4. The Balaban J connectivity index is 1.88. The molecule has 1 aliphatic heterocycles. The second kappa shape index (κ2) is 4.15. The van der Waals surface area contributed by atoms with Gasteiger partial charge >= 0.3 is 0 Å². The van der Waals surface area contributed by atoms with E-state index in [-0.39, 0.29) is 0 Å². The molecular formula is C14H14N4S. The van der Waals surface area contributed by atoms with E-state index < -0.39 is 0 Å². The zero-order valence-corrected chi connectivity index (χ0v) is 11.4. The summed E-state index contributed by atoms with van der Waals surface area (Å²) < 4.78 is 2.03. The van der Waals surface area contributed by atoms with Gasteiger partial charge in [0.1, 0.15) is 0 Å². The van der Waals surface area contributed by atoms with Gasteiger partial charge in [-0.3, -0.25) is 0 Å². The maximum Gasteiger partial charge on any atom is 0.213 e. The Hall–Kier alpha value is -1.72. The standard InChI is InChI=1S/C14H14N4S/c1-9-12-11(7-8-15-9)18-14(19-12)16-13(17-18)10-5-3-2-4-6-10/h2-6,9,15H,7-8H2,1H3. The van der Waals surface area contributed by atoms with Gasteiger partial charge in [0.15, 0.2) is 5.82 Å². The fraction of sp³-hybridized carbons (Fsp3) is 0.286. The second-order valence-corrected chi connectivity index (χ2v) is 5.84. The van der Waals surface area contributed by atoms with Gasteiger partial charge in [0.25, 0.3) is 0 Å². The fourth-order valence-corrected chi connectivity index (χ4v) is 3.71. The van der Waals surface area contributed by atoms with Crippen LogP contribution in [0, 0.1) is 0 Å². The number of fused-ring (bicyclic) bond motifs is 3. The van der Waals surface area contributed by atoms with Gasteiger partial charge in [-0.15, -0.1) is 5.10 Å². The molecule has 1 aromatic carbocycles. The van der Waals surface area contributed by atoms with Crippen LogP contribution in [0.2, 0.25) is 0 Å². The van der Waals surface area contributed by atoms with E-state index in [1.54, 1.807) is 11.3 Å². The summed E-state index contributed by atoms with van der Waals surface area (Å²) in [6.45, 7) is 3.21. The first-order chi connectivity index (χ1) is 9.33. The SMILES string of the molecule is CC1NCCc2c1sc1nc(-c3ccccc3)nn21. The molecule has 1 N–H and O–H groups in total. The molecule has 0 amide bonds. The Morgan fingerprint density at radius 1 is 1.32 bits per heavy atom. The van der Waals surface area contributed by atoms with Crippen LogP contribution in [-0.2, 0) is 6.42 Å². The number of rotatable bonds is 1. The molecule has 2 aromatic heterocycles. The van der Waals surface area contributed by atoms with Crippen molar-refractivity contribution < 1.29 is 0 Å². The third-order valence-electron chi connectivity index (χ3n) is 3.56. The third-order valence-corrected chi connectivity index (χ3v) is 4.81. The van der Waals surface area contributed by atoms with Gasteiger partial charge in [0.2, 0.25) is 4.96 Å². The lowest BCUT2D eigenvalue weighted by molar-refractivity contribution is 0.537. The molecule has 4 nitrogen and oxygen atoms in total. The molecule has 1 unspecified atom stereocenters. The van der Waals surface area contributed by atoms with Gasteiger partial charge in [-0.2, -0.15) is 4.98 Å². The van der Waals surface area contributed by atoms with Gasteiger partial charge in [-0.1, -0.05) is 41.7 Å². The summed E-state index contributed by atoms with van der Waals surface area (Å²) in [5.74, 6) is 0.820. The zero-order valence-electron chi connectivity index (χ0n) is 10.6. The first-order valence-electron chi connectivity index (χ1n) is 6.50. The average molecular weight is 270 g/mol. The largest absolute Gasteiger partial charge is 0.309 e. The van der Waals surface area contributed by atoms with Crippen LogP contribution >= 0.6 is 11.3 Å². The predicted molar refractivity (Wildman–Crippen MR) is 76.4 cm³/mol. The second-order valence-electron chi connectivity index (χ2n) is 4.83. The molecule has 0 bridgehead atoms. The normalized spacial score (nSPS) is 18.7. The Bertz CT molecular complexity index is 729. The molecule has 5 heteroatoms. The lowest BCUT2D eigenvalue weighted by Gasteiger charge is -2.19. The smallest absolute Gasteiger partial charge is 0.213 e. The van der Waals surface area contributed by atoms with Gasteiger partial charge < -0.3 is 5.32 Å². The molecule has 0 saturated carbocycles. The Kier molecular flexibility index (Phi) is 2.43. The highest BCUT2D eigenvalue weighted by molar-refractivity contribution is 7.17. The van der Waals surface area contributed by atoms with Crippen LogP contribution in [0.3, 0.4) is 0 Å². The summed E-state index contributed by atoms with van der Waals surface area (Å²) >= 11 is 1.75. The first-order valence-corrected chi connectivity index (χ1v) is 7.32. The molecule has 1 atom stereocenters. The quantitative estimate of drug-likeness (QED) is 0.739. The summed E-state index contributed by atoms with van der Waals surface area (Å²) in [5, 5.41) is 8.16. The van der Waals surface area contributed by atoms with Gasteiger partial charge in [-0.25, -0.2) is 4.52 Å². The van der Waals surface area contributed by atoms with E-state index in [1.165, 1.54) is 10.6 Å². The minimum Gasteiger partial charge on any atom is -0.309 e. The molecule has 0 fully saturated rings. The van der Waals surface area contributed by atoms with Crippen molar-refractivity contribution in [1.29, 1.82) is 0 Å². The highest BCUT2D eigenvalue weighted by atomic mass is 32.1. The summed E-state index contributed by atoms with van der Waals surface area (Å²) in [7, 11) is 0. The van der Waals surface area contributed by atoms with Crippen LogP contribution < -0.4 is 5.32 Å². The van der Waals surface area contributed by atoms with E-state index in [0.29, 0.717) is 6.04 Å². The predicted octanol–water partition coefficient (Wildman–Crippen LogP) is 2.66.